The summed E-state index contributed by atoms with van der Waals surface area (Å²) in [6.07, 6.45) is 0. The highest BCUT2D eigenvalue weighted by Crippen LogP contribution is 2.23. The van der Waals surface area contributed by atoms with E-state index in [1.165, 1.54) is 22.8 Å². The van der Waals surface area contributed by atoms with Crippen molar-refractivity contribution in [2.24, 2.45) is 7.05 Å². The van der Waals surface area contributed by atoms with Crippen LogP contribution in [0.1, 0.15) is 10.4 Å². The van der Waals surface area contributed by atoms with Gasteiger partial charge in [0.25, 0.3) is 15.9 Å². The molecule has 1 aliphatic heterocycles. The number of rotatable bonds is 4. The molecule has 0 atom stereocenters. The minimum absolute atomic E-state index is 0.0526. The maximum Gasteiger partial charge on any atom is 0.307 e. The molecule has 0 unspecified atom stereocenters. The van der Waals surface area contributed by atoms with Crippen molar-refractivity contribution in [3.63, 3.8) is 0 Å². The van der Waals surface area contributed by atoms with Gasteiger partial charge in [-0.3, -0.25) is 14.3 Å². The van der Waals surface area contributed by atoms with Gasteiger partial charge in [-0.1, -0.05) is 17.4 Å². The number of nitrogens with one attached hydrogen (secondary N) is 1. The van der Waals surface area contributed by atoms with Gasteiger partial charge in [0.15, 0.2) is 0 Å². The lowest BCUT2D eigenvalue weighted by molar-refractivity contribution is 0.0303. The van der Waals surface area contributed by atoms with Crippen LogP contribution in [0.3, 0.4) is 0 Å². The fourth-order valence-corrected chi connectivity index (χ4v) is 5.23. The average molecular weight is 434 g/mol. The number of carbonyl (C=O) groups is 1. The second-order valence-corrected chi connectivity index (χ2v) is 9.32. The lowest BCUT2D eigenvalue weighted by atomic mass is 10.1. The minimum atomic E-state index is -3.88. The normalized spacial score (nSPS) is 14.9. The fourth-order valence-electron chi connectivity index (χ4n) is 3.16. The monoisotopic (exact) mass is 433 g/mol. The minimum Gasteiger partial charge on any atom is -0.378 e. The molecule has 4 rings (SSSR count). The number of fused-ring (bicyclic) bond motifs is 1. The molecule has 0 saturated carbocycles. The van der Waals surface area contributed by atoms with E-state index in [0.29, 0.717) is 47.8 Å². The molecule has 2 heterocycles. The zero-order valence-electron chi connectivity index (χ0n) is 15.6. The van der Waals surface area contributed by atoms with E-state index in [-0.39, 0.29) is 15.7 Å². The molecular weight excluding hydrogens is 414 g/mol. The van der Waals surface area contributed by atoms with E-state index in [0.717, 1.165) is 11.3 Å². The standard InChI is InChI=1S/C19H19N3O5S2/c1-21-16-6-5-15(12-17(16)28-19(21)24)29(25,26)20-14-4-2-3-13(11-14)18(23)22-7-9-27-10-8-22/h2-6,11-12,20H,7-10H2,1H3. The number of benzene rings is 2. The lowest BCUT2D eigenvalue weighted by Gasteiger charge is -2.27. The first-order valence-electron chi connectivity index (χ1n) is 8.95. The summed E-state index contributed by atoms with van der Waals surface area (Å²) in [5.74, 6) is -0.162. The molecule has 1 aliphatic rings. The van der Waals surface area contributed by atoms with Crippen LogP contribution in [0.25, 0.3) is 10.2 Å². The molecule has 1 amide bonds. The number of amides is 1. The number of aromatic nitrogens is 1. The van der Waals surface area contributed by atoms with Crippen molar-refractivity contribution in [3.8, 4) is 0 Å². The maximum atomic E-state index is 12.8. The maximum absolute atomic E-state index is 12.8. The van der Waals surface area contributed by atoms with Crippen molar-refractivity contribution < 1.29 is 17.9 Å². The molecule has 10 heteroatoms. The van der Waals surface area contributed by atoms with Gasteiger partial charge in [0.05, 0.1) is 28.3 Å². The number of aryl methyl sites for hydroxylation is 1. The first kappa shape index (κ1) is 19.6. The van der Waals surface area contributed by atoms with E-state index in [1.54, 1.807) is 36.2 Å². The predicted molar refractivity (Wildman–Crippen MR) is 111 cm³/mol. The second kappa shape index (κ2) is 7.62. The largest absolute Gasteiger partial charge is 0.378 e. The number of nitrogens with zero attached hydrogens (tertiary/aromatic N) is 2. The molecular formula is C19H19N3O5S2. The first-order chi connectivity index (χ1) is 13.8. The third-order valence-electron chi connectivity index (χ3n) is 4.73. The van der Waals surface area contributed by atoms with E-state index in [9.17, 15) is 18.0 Å². The van der Waals surface area contributed by atoms with Gasteiger partial charge in [0.1, 0.15) is 0 Å². The molecule has 1 aromatic heterocycles. The molecule has 0 spiro atoms. The molecule has 0 bridgehead atoms. The summed E-state index contributed by atoms with van der Waals surface area (Å²) in [5, 5.41) is 0. The summed E-state index contributed by atoms with van der Waals surface area (Å²) < 4.78 is 35.5. The van der Waals surface area contributed by atoms with E-state index in [2.05, 4.69) is 4.72 Å². The summed E-state index contributed by atoms with van der Waals surface area (Å²) >= 11 is 0.992. The van der Waals surface area contributed by atoms with Crippen LogP contribution in [0.15, 0.2) is 52.2 Å². The average Bonchev–Trinajstić information content (AvgIpc) is 3.01. The molecule has 8 nitrogen and oxygen atoms in total. The first-order valence-corrected chi connectivity index (χ1v) is 11.2. The van der Waals surface area contributed by atoms with Crippen molar-refractivity contribution in [2.75, 3.05) is 31.0 Å². The van der Waals surface area contributed by atoms with Crippen LogP contribution in [0.4, 0.5) is 5.69 Å². The summed E-state index contributed by atoms with van der Waals surface area (Å²) in [7, 11) is -2.23. The Morgan fingerprint density at radius 1 is 1.14 bits per heavy atom. The molecule has 3 aromatic rings. The van der Waals surface area contributed by atoms with Gasteiger partial charge >= 0.3 is 4.87 Å². The smallest absolute Gasteiger partial charge is 0.307 e. The molecule has 0 aliphatic carbocycles. The Balaban J connectivity index is 1.59. The van der Waals surface area contributed by atoms with Crippen molar-refractivity contribution in [1.82, 2.24) is 9.47 Å². The Hall–Kier alpha value is -2.69. The van der Waals surface area contributed by atoms with Gasteiger partial charge < -0.3 is 14.2 Å². The predicted octanol–water partition coefficient (Wildman–Crippen LogP) is 1.87. The summed E-state index contributed by atoms with van der Waals surface area (Å²) in [6.45, 7) is 2.00. The van der Waals surface area contributed by atoms with Crippen molar-refractivity contribution >= 4 is 43.2 Å². The fraction of sp³-hybridized carbons (Fsp3) is 0.263. The number of anilines is 1. The highest BCUT2D eigenvalue weighted by Gasteiger charge is 2.20. The highest BCUT2D eigenvalue weighted by atomic mass is 32.2. The number of hydrogen-bond donors (Lipinski definition) is 1. The number of carbonyl (C=O) groups excluding carboxylic acids is 1. The Morgan fingerprint density at radius 2 is 1.90 bits per heavy atom. The van der Waals surface area contributed by atoms with Gasteiger partial charge in [0, 0.05) is 31.4 Å². The van der Waals surface area contributed by atoms with Crippen LogP contribution < -0.4 is 9.60 Å². The van der Waals surface area contributed by atoms with Gasteiger partial charge in [-0.2, -0.15) is 0 Å². The molecule has 1 saturated heterocycles. The molecule has 1 fully saturated rings. The SMILES string of the molecule is Cn1c(=O)sc2cc(S(=O)(=O)Nc3cccc(C(=O)N4CCOCC4)c3)ccc21. The molecule has 2 aromatic carbocycles. The number of ether oxygens (including phenoxy) is 1. The van der Waals surface area contributed by atoms with E-state index in [1.807, 2.05) is 0 Å². The Kier molecular flexibility index (Phi) is 5.15. The van der Waals surface area contributed by atoms with Crippen molar-refractivity contribution in [2.45, 2.75) is 4.90 Å². The Labute approximate surface area is 171 Å². The number of sulfonamides is 1. The van der Waals surface area contributed by atoms with Gasteiger partial charge in [-0.05, 0) is 36.4 Å². The van der Waals surface area contributed by atoms with Crippen LogP contribution in [0.5, 0.6) is 0 Å². The number of morpholine rings is 1. The summed E-state index contributed by atoms with van der Waals surface area (Å²) in [4.78, 5) is 26.0. The van der Waals surface area contributed by atoms with Gasteiger partial charge in [-0.25, -0.2) is 8.42 Å². The molecule has 152 valence electrons. The molecule has 29 heavy (non-hydrogen) atoms. The van der Waals surface area contributed by atoms with Crippen LogP contribution in [0, 0.1) is 0 Å². The topological polar surface area (TPSA) is 97.7 Å². The third-order valence-corrected chi connectivity index (χ3v) is 7.11. The van der Waals surface area contributed by atoms with Gasteiger partial charge in [-0.15, -0.1) is 0 Å². The van der Waals surface area contributed by atoms with E-state index >= 15 is 0 Å². The molecule has 1 N–H and O–H groups in total. The number of hydrogen-bond acceptors (Lipinski definition) is 6. The number of thiazole rings is 1. The van der Waals surface area contributed by atoms with Crippen molar-refractivity contribution in [3.05, 3.63) is 57.7 Å². The van der Waals surface area contributed by atoms with Crippen LogP contribution in [-0.4, -0.2) is 50.1 Å². The van der Waals surface area contributed by atoms with Crippen molar-refractivity contribution in [1.29, 1.82) is 0 Å². The summed E-state index contributed by atoms with van der Waals surface area (Å²) in [5.41, 5.74) is 1.38. The zero-order valence-corrected chi connectivity index (χ0v) is 17.3. The highest BCUT2D eigenvalue weighted by molar-refractivity contribution is 7.92. The Morgan fingerprint density at radius 3 is 2.66 bits per heavy atom. The summed E-state index contributed by atoms with van der Waals surface area (Å²) in [6, 6.07) is 11.0. The van der Waals surface area contributed by atoms with Crippen LogP contribution >= 0.6 is 11.3 Å². The second-order valence-electron chi connectivity index (χ2n) is 6.65. The lowest BCUT2D eigenvalue weighted by Crippen LogP contribution is -2.40. The molecule has 0 radical (unpaired) electrons. The Bertz CT molecular complexity index is 1240. The zero-order chi connectivity index (χ0) is 20.6. The third kappa shape index (κ3) is 3.91. The van der Waals surface area contributed by atoms with E-state index in [4.69, 9.17) is 4.74 Å². The van der Waals surface area contributed by atoms with E-state index < -0.39 is 10.0 Å². The van der Waals surface area contributed by atoms with Crippen LogP contribution in [-0.2, 0) is 21.8 Å². The van der Waals surface area contributed by atoms with Gasteiger partial charge in [0.2, 0.25) is 0 Å². The van der Waals surface area contributed by atoms with Crippen LogP contribution in [0.2, 0.25) is 0 Å². The quantitative estimate of drug-likeness (QED) is 0.678.